The maximum atomic E-state index is 12.4. The van der Waals surface area contributed by atoms with Gasteiger partial charge in [-0.25, -0.2) is 4.79 Å². The number of hydrogen-bond donors (Lipinski definition) is 1. The summed E-state index contributed by atoms with van der Waals surface area (Å²) in [6, 6.07) is 13.7. The summed E-state index contributed by atoms with van der Waals surface area (Å²) in [7, 11) is 0. The van der Waals surface area contributed by atoms with Crippen LogP contribution in [0, 0.1) is 6.92 Å². The van der Waals surface area contributed by atoms with E-state index < -0.39 is 17.7 Å². The molecule has 8 nitrogen and oxygen atoms in total. The molecule has 4 rings (SSSR count). The Balaban J connectivity index is 0.000000383. The number of alkyl halides is 3. The number of morpholine rings is 1. The molecular formula is C22H25F3N2O6. The highest BCUT2D eigenvalue weighted by atomic mass is 19.4. The molecule has 3 heterocycles. The molecular weight excluding hydrogens is 445 g/mol. The Bertz CT molecular complexity index is 949. The largest absolute Gasteiger partial charge is 0.490 e. The number of aryl methyl sites for hydroxylation is 1. The molecule has 11 heteroatoms. The van der Waals surface area contributed by atoms with E-state index in [0.29, 0.717) is 32.8 Å². The molecule has 0 bridgehead atoms. The second kappa shape index (κ2) is 10.4. The maximum Gasteiger partial charge on any atom is 0.490 e. The molecule has 2 aromatic rings. The normalized spacial score (nSPS) is 21.9. The third kappa shape index (κ3) is 6.80. The predicted molar refractivity (Wildman–Crippen MR) is 111 cm³/mol. The maximum absolute atomic E-state index is 12.4. The molecule has 1 spiro atoms. The van der Waals surface area contributed by atoms with Crippen LogP contribution in [0.25, 0.3) is 0 Å². The number of nitrogens with zero attached hydrogens (tertiary/aromatic N) is 2. The van der Waals surface area contributed by atoms with Crippen LogP contribution in [0.15, 0.2) is 46.9 Å². The highest BCUT2D eigenvalue weighted by molar-refractivity contribution is 5.95. The van der Waals surface area contributed by atoms with E-state index >= 15 is 0 Å². The highest BCUT2D eigenvalue weighted by Crippen LogP contribution is 2.27. The Morgan fingerprint density at radius 2 is 1.85 bits per heavy atom. The third-order valence-electron chi connectivity index (χ3n) is 5.16. The lowest BCUT2D eigenvalue weighted by atomic mass is 10.0. The van der Waals surface area contributed by atoms with Crippen LogP contribution < -0.4 is 4.90 Å². The number of hydrogen-bond acceptors (Lipinski definition) is 6. The van der Waals surface area contributed by atoms with Crippen molar-refractivity contribution in [1.82, 2.24) is 4.90 Å². The fraction of sp³-hybridized carbons (Fsp3) is 0.455. The van der Waals surface area contributed by atoms with Crippen LogP contribution in [-0.4, -0.2) is 73.1 Å². The minimum Gasteiger partial charge on any atom is -0.475 e. The molecule has 2 aliphatic rings. The number of amides is 1. The number of carbonyl (C=O) groups excluding carboxylic acids is 1. The van der Waals surface area contributed by atoms with Crippen molar-refractivity contribution in [2.75, 3.05) is 44.4 Å². The van der Waals surface area contributed by atoms with E-state index in [9.17, 15) is 18.0 Å². The zero-order valence-electron chi connectivity index (χ0n) is 18.0. The molecule has 0 aliphatic carbocycles. The van der Waals surface area contributed by atoms with Gasteiger partial charge in [-0.2, -0.15) is 13.2 Å². The topological polar surface area (TPSA) is 92.5 Å². The number of benzene rings is 1. The van der Waals surface area contributed by atoms with Gasteiger partial charge in [-0.1, -0.05) is 18.2 Å². The Morgan fingerprint density at radius 3 is 2.45 bits per heavy atom. The number of carbonyl (C=O) groups is 2. The molecule has 0 radical (unpaired) electrons. The lowest BCUT2D eigenvalue weighted by molar-refractivity contribution is -0.192. The van der Waals surface area contributed by atoms with Crippen LogP contribution in [0.4, 0.5) is 18.9 Å². The number of carboxylic acids is 1. The van der Waals surface area contributed by atoms with Crippen LogP contribution >= 0.6 is 0 Å². The first-order chi connectivity index (χ1) is 15.6. The number of anilines is 1. The van der Waals surface area contributed by atoms with Gasteiger partial charge in [-0.05, 0) is 31.2 Å². The molecule has 33 heavy (non-hydrogen) atoms. The lowest BCUT2D eigenvalue weighted by Crippen LogP contribution is -2.60. The second-order valence-corrected chi connectivity index (χ2v) is 7.87. The molecule has 1 amide bonds. The summed E-state index contributed by atoms with van der Waals surface area (Å²) in [5.74, 6) is -0.923. The zero-order chi connectivity index (χ0) is 24.1. The molecule has 1 aromatic heterocycles. The van der Waals surface area contributed by atoms with E-state index in [4.69, 9.17) is 23.8 Å². The standard InChI is InChI=1S/C20H24N2O4.C2HF3O2/c1-16-7-8-18(26-16)11-21-9-10-24-15-20(13-21)14-22(19(23)12-25-20)17-5-3-2-4-6-17;3-2(4,5)1(6)7/h2-8H,9-15H2,1H3;(H,6,7). The Labute approximate surface area is 188 Å². The third-order valence-corrected chi connectivity index (χ3v) is 5.16. The van der Waals surface area contributed by atoms with Crippen molar-refractivity contribution in [2.24, 2.45) is 0 Å². The van der Waals surface area contributed by atoms with Crippen LogP contribution in [0.3, 0.4) is 0 Å². The van der Waals surface area contributed by atoms with Gasteiger partial charge in [0.15, 0.2) is 0 Å². The first kappa shape index (κ1) is 24.7. The fourth-order valence-corrected chi connectivity index (χ4v) is 3.65. The first-order valence-corrected chi connectivity index (χ1v) is 10.2. The number of furan rings is 1. The summed E-state index contributed by atoms with van der Waals surface area (Å²) < 4.78 is 49.3. The van der Waals surface area contributed by atoms with Gasteiger partial charge in [0, 0.05) is 18.8 Å². The molecule has 1 atom stereocenters. The predicted octanol–water partition coefficient (Wildman–Crippen LogP) is 2.86. The van der Waals surface area contributed by atoms with Crippen molar-refractivity contribution < 1.29 is 41.8 Å². The van der Waals surface area contributed by atoms with Crippen LogP contribution in [0.5, 0.6) is 0 Å². The van der Waals surface area contributed by atoms with Gasteiger partial charge in [0.05, 0.1) is 26.3 Å². The van der Waals surface area contributed by atoms with E-state index in [-0.39, 0.29) is 12.5 Å². The summed E-state index contributed by atoms with van der Waals surface area (Å²) in [6.07, 6.45) is -5.08. The minimum atomic E-state index is -5.08. The van der Waals surface area contributed by atoms with E-state index in [1.165, 1.54) is 0 Å². The summed E-state index contributed by atoms with van der Waals surface area (Å²) >= 11 is 0. The number of rotatable bonds is 3. The van der Waals surface area contributed by atoms with E-state index in [0.717, 1.165) is 23.8 Å². The molecule has 0 saturated carbocycles. The highest BCUT2D eigenvalue weighted by Gasteiger charge is 2.43. The number of halogens is 3. The molecule has 1 unspecified atom stereocenters. The molecule has 180 valence electrons. The van der Waals surface area contributed by atoms with Crippen molar-refractivity contribution in [2.45, 2.75) is 25.2 Å². The van der Waals surface area contributed by atoms with Crippen molar-refractivity contribution in [1.29, 1.82) is 0 Å². The van der Waals surface area contributed by atoms with Gasteiger partial charge in [-0.3, -0.25) is 9.69 Å². The smallest absolute Gasteiger partial charge is 0.475 e. The molecule has 2 aliphatic heterocycles. The van der Waals surface area contributed by atoms with Crippen molar-refractivity contribution in [3.05, 3.63) is 54.0 Å². The quantitative estimate of drug-likeness (QED) is 0.738. The molecule has 1 aromatic carbocycles. The van der Waals surface area contributed by atoms with Crippen molar-refractivity contribution in [3.63, 3.8) is 0 Å². The number of aliphatic carboxylic acids is 1. The summed E-state index contributed by atoms with van der Waals surface area (Å²) in [5.41, 5.74) is 0.375. The van der Waals surface area contributed by atoms with Gasteiger partial charge >= 0.3 is 12.1 Å². The van der Waals surface area contributed by atoms with Crippen molar-refractivity contribution >= 4 is 17.6 Å². The number of carboxylic acid groups (broad SMARTS) is 1. The van der Waals surface area contributed by atoms with E-state index in [1.807, 2.05) is 54.3 Å². The second-order valence-electron chi connectivity index (χ2n) is 7.87. The Morgan fingerprint density at radius 1 is 1.15 bits per heavy atom. The van der Waals surface area contributed by atoms with Crippen LogP contribution in [-0.2, 0) is 25.6 Å². The van der Waals surface area contributed by atoms with Gasteiger partial charge in [-0.15, -0.1) is 0 Å². The minimum absolute atomic E-state index is 0.0146. The summed E-state index contributed by atoms with van der Waals surface area (Å²) in [6.45, 7) is 5.86. The SMILES string of the molecule is Cc1ccc(CN2CCOCC3(C2)CN(c2ccccc2)C(=O)CO3)o1.O=C(O)C(F)(F)F. The van der Waals surface area contributed by atoms with Gasteiger partial charge in [0.2, 0.25) is 0 Å². The molecule has 2 fully saturated rings. The first-order valence-electron chi connectivity index (χ1n) is 10.2. The molecule has 2 saturated heterocycles. The lowest BCUT2D eigenvalue weighted by Gasteiger charge is -2.43. The summed E-state index contributed by atoms with van der Waals surface area (Å²) in [4.78, 5) is 25.4. The summed E-state index contributed by atoms with van der Waals surface area (Å²) in [5, 5.41) is 7.12. The average Bonchev–Trinajstić information content (AvgIpc) is 3.07. The van der Waals surface area contributed by atoms with Crippen LogP contribution in [0.1, 0.15) is 11.5 Å². The molecule has 1 N–H and O–H groups in total. The van der Waals surface area contributed by atoms with E-state index in [2.05, 4.69) is 4.90 Å². The number of ether oxygens (including phenoxy) is 2. The van der Waals surface area contributed by atoms with Crippen LogP contribution in [0.2, 0.25) is 0 Å². The fourth-order valence-electron chi connectivity index (χ4n) is 3.65. The Kier molecular flexibility index (Phi) is 7.77. The Hall–Kier alpha value is -2.89. The van der Waals surface area contributed by atoms with E-state index in [1.54, 1.807) is 0 Å². The van der Waals surface area contributed by atoms with Gasteiger partial charge < -0.3 is 23.9 Å². The van der Waals surface area contributed by atoms with Gasteiger partial charge in [0.1, 0.15) is 23.7 Å². The zero-order valence-corrected chi connectivity index (χ0v) is 18.0. The average molecular weight is 470 g/mol. The number of para-hydroxylation sites is 1. The monoisotopic (exact) mass is 470 g/mol. The van der Waals surface area contributed by atoms with Crippen molar-refractivity contribution in [3.8, 4) is 0 Å². The van der Waals surface area contributed by atoms with Gasteiger partial charge in [0.25, 0.3) is 5.91 Å².